The molecule has 0 bridgehead atoms. The van der Waals surface area contributed by atoms with E-state index in [-0.39, 0.29) is 18.0 Å². The smallest absolute Gasteiger partial charge is 0.239 e. The van der Waals surface area contributed by atoms with Crippen LogP contribution in [-0.2, 0) is 4.79 Å². The number of aryl methyl sites for hydroxylation is 1. The Labute approximate surface area is 101 Å². The molecule has 1 amide bonds. The van der Waals surface area contributed by atoms with E-state index < -0.39 is 0 Å². The van der Waals surface area contributed by atoms with Crippen molar-refractivity contribution < 1.29 is 4.79 Å². The standard InChI is InChI=1S/C12H20N2OS/c1-5-10(13)12(15)14(4)9(3)11-7-6-8(2)16-11/h6-7,9-10H,5,13H2,1-4H3/t9?,10-/m1/s1. The molecule has 4 heteroatoms. The van der Waals surface area contributed by atoms with Gasteiger partial charge in [0.15, 0.2) is 0 Å². The lowest BCUT2D eigenvalue weighted by atomic mass is 10.1. The van der Waals surface area contributed by atoms with Crippen LogP contribution in [0.1, 0.15) is 36.1 Å². The van der Waals surface area contributed by atoms with Gasteiger partial charge in [-0.05, 0) is 32.4 Å². The molecule has 90 valence electrons. The van der Waals surface area contributed by atoms with Gasteiger partial charge in [-0.3, -0.25) is 4.79 Å². The lowest BCUT2D eigenvalue weighted by molar-refractivity contribution is -0.133. The Morgan fingerprint density at radius 3 is 2.62 bits per heavy atom. The number of nitrogens with zero attached hydrogens (tertiary/aromatic N) is 1. The summed E-state index contributed by atoms with van der Waals surface area (Å²) in [4.78, 5) is 16.1. The summed E-state index contributed by atoms with van der Waals surface area (Å²) < 4.78 is 0. The third-order valence-electron chi connectivity index (χ3n) is 2.86. The number of amides is 1. The zero-order chi connectivity index (χ0) is 12.3. The summed E-state index contributed by atoms with van der Waals surface area (Å²) in [5.74, 6) is 0.0149. The van der Waals surface area contributed by atoms with Gasteiger partial charge in [0.2, 0.25) is 5.91 Å². The van der Waals surface area contributed by atoms with E-state index in [4.69, 9.17) is 5.73 Å². The number of carbonyl (C=O) groups excluding carboxylic acids is 1. The average molecular weight is 240 g/mol. The van der Waals surface area contributed by atoms with Crippen molar-refractivity contribution in [3.8, 4) is 0 Å². The first-order valence-electron chi connectivity index (χ1n) is 5.56. The van der Waals surface area contributed by atoms with Crippen molar-refractivity contribution in [2.75, 3.05) is 7.05 Å². The van der Waals surface area contributed by atoms with Crippen LogP contribution >= 0.6 is 11.3 Å². The average Bonchev–Trinajstić information content (AvgIpc) is 2.71. The van der Waals surface area contributed by atoms with Crippen molar-refractivity contribution in [2.24, 2.45) is 5.73 Å². The molecule has 0 radical (unpaired) electrons. The molecule has 2 atom stereocenters. The predicted octanol–water partition coefficient (Wildman–Crippen LogP) is 2.31. The van der Waals surface area contributed by atoms with Crippen molar-refractivity contribution in [3.63, 3.8) is 0 Å². The van der Waals surface area contributed by atoms with E-state index >= 15 is 0 Å². The molecule has 1 rings (SSSR count). The molecule has 1 heterocycles. The number of thiophene rings is 1. The maximum Gasteiger partial charge on any atom is 0.239 e. The molecule has 0 aliphatic rings. The van der Waals surface area contributed by atoms with Gasteiger partial charge in [-0.2, -0.15) is 0 Å². The Morgan fingerprint density at radius 2 is 2.19 bits per heavy atom. The van der Waals surface area contributed by atoms with E-state index in [1.165, 1.54) is 9.75 Å². The van der Waals surface area contributed by atoms with Gasteiger partial charge < -0.3 is 10.6 Å². The van der Waals surface area contributed by atoms with Crippen LogP contribution in [0.3, 0.4) is 0 Å². The van der Waals surface area contributed by atoms with Gasteiger partial charge in [0.25, 0.3) is 0 Å². The van der Waals surface area contributed by atoms with E-state index in [0.29, 0.717) is 6.42 Å². The number of hydrogen-bond donors (Lipinski definition) is 1. The Kier molecular flexibility index (Phi) is 4.50. The first kappa shape index (κ1) is 13.2. The molecule has 0 aliphatic heterocycles. The van der Waals surface area contributed by atoms with Crippen molar-refractivity contribution >= 4 is 17.2 Å². The summed E-state index contributed by atoms with van der Waals surface area (Å²) >= 11 is 1.73. The van der Waals surface area contributed by atoms with Crippen LogP contribution in [0.2, 0.25) is 0 Å². The fourth-order valence-electron chi connectivity index (χ4n) is 1.50. The summed E-state index contributed by atoms with van der Waals surface area (Å²) in [5, 5.41) is 0. The zero-order valence-electron chi connectivity index (χ0n) is 10.4. The summed E-state index contributed by atoms with van der Waals surface area (Å²) in [6.07, 6.45) is 0.680. The first-order valence-corrected chi connectivity index (χ1v) is 6.37. The molecule has 0 saturated heterocycles. The van der Waals surface area contributed by atoms with Crippen LogP contribution in [0.4, 0.5) is 0 Å². The van der Waals surface area contributed by atoms with Crippen LogP contribution in [0.5, 0.6) is 0 Å². The molecule has 16 heavy (non-hydrogen) atoms. The Bertz CT molecular complexity index is 362. The molecule has 2 N–H and O–H groups in total. The SMILES string of the molecule is CC[C@@H](N)C(=O)N(C)C(C)c1ccc(C)s1. The molecule has 0 aliphatic carbocycles. The Balaban J connectivity index is 2.74. The van der Waals surface area contributed by atoms with Crippen molar-refractivity contribution in [3.05, 3.63) is 21.9 Å². The van der Waals surface area contributed by atoms with E-state index in [0.717, 1.165) is 0 Å². The molecule has 0 spiro atoms. The van der Waals surface area contributed by atoms with E-state index in [1.54, 1.807) is 16.2 Å². The molecule has 1 aromatic rings. The van der Waals surface area contributed by atoms with Crippen LogP contribution in [0.25, 0.3) is 0 Å². The molecule has 0 fully saturated rings. The maximum absolute atomic E-state index is 11.9. The molecule has 1 aromatic heterocycles. The third kappa shape index (κ3) is 2.83. The number of hydrogen-bond acceptors (Lipinski definition) is 3. The van der Waals surface area contributed by atoms with E-state index in [1.807, 2.05) is 20.9 Å². The number of rotatable bonds is 4. The highest BCUT2D eigenvalue weighted by molar-refractivity contribution is 7.12. The fraction of sp³-hybridized carbons (Fsp3) is 0.583. The predicted molar refractivity (Wildman–Crippen MR) is 68.5 cm³/mol. The van der Waals surface area contributed by atoms with Gasteiger partial charge in [-0.15, -0.1) is 11.3 Å². The minimum absolute atomic E-state index is 0.0149. The lowest BCUT2D eigenvalue weighted by Gasteiger charge is -2.26. The molecule has 1 unspecified atom stereocenters. The summed E-state index contributed by atoms with van der Waals surface area (Å²) in [6, 6.07) is 3.87. The monoisotopic (exact) mass is 240 g/mol. The highest BCUT2D eigenvalue weighted by atomic mass is 32.1. The second-order valence-electron chi connectivity index (χ2n) is 4.09. The zero-order valence-corrected chi connectivity index (χ0v) is 11.2. The van der Waals surface area contributed by atoms with Crippen molar-refractivity contribution in [2.45, 2.75) is 39.3 Å². The minimum atomic E-state index is -0.381. The van der Waals surface area contributed by atoms with Gasteiger partial charge in [-0.25, -0.2) is 0 Å². The Morgan fingerprint density at radius 1 is 1.56 bits per heavy atom. The molecule has 0 saturated carbocycles. The van der Waals surface area contributed by atoms with Crippen LogP contribution in [-0.4, -0.2) is 23.9 Å². The van der Waals surface area contributed by atoms with Crippen LogP contribution < -0.4 is 5.73 Å². The molecular formula is C12H20N2OS. The number of nitrogens with two attached hydrogens (primary N) is 1. The second kappa shape index (κ2) is 5.46. The number of likely N-dealkylation sites (N-methyl/N-ethyl adjacent to an activating group) is 1. The summed E-state index contributed by atoms with van der Waals surface area (Å²) in [5.41, 5.74) is 5.75. The van der Waals surface area contributed by atoms with Crippen LogP contribution in [0, 0.1) is 6.92 Å². The Hall–Kier alpha value is -0.870. The van der Waals surface area contributed by atoms with E-state index in [9.17, 15) is 4.79 Å². The van der Waals surface area contributed by atoms with Crippen molar-refractivity contribution in [1.82, 2.24) is 4.90 Å². The third-order valence-corrected chi connectivity index (χ3v) is 4.03. The topological polar surface area (TPSA) is 46.3 Å². The maximum atomic E-state index is 11.9. The molecule has 3 nitrogen and oxygen atoms in total. The highest BCUT2D eigenvalue weighted by Crippen LogP contribution is 2.26. The first-order chi connectivity index (χ1) is 7.47. The molecular weight excluding hydrogens is 220 g/mol. The minimum Gasteiger partial charge on any atom is -0.337 e. The quantitative estimate of drug-likeness (QED) is 0.878. The summed E-state index contributed by atoms with van der Waals surface area (Å²) in [7, 11) is 1.82. The largest absolute Gasteiger partial charge is 0.337 e. The second-order valence-corrected chi connectivity index (χ2v) is 5.41. The normalized spacial score (nSPS) is 14.6. The van der Waals surface area contributed by atoms with Gasteiger partial charge >= 0.3 is 0 Å². The van der Waals surface area contributed by atoms with Gasteiger partial charge in [0.1, 0.15) is 0 Å². The fourth-order valence-corrected chi connectivity index (χ4v) is 2.47. The van der Waals surface area contributed by atoms with Gasteiger partial charge in [-0.1, -0.05) is 6.92 Å². The van der Waals surface area contributed by atoms with E-state index in [2.05, 4.69) is 19.1 Å². The lowest BCUT2D eigenvalue weighted by Crippen LogP contribution is -2.42. The molecule has 0 aromatic carbocycles. The van der Waals surface area contributed by atoms with Crippen LogP contribution in [0.15, 0.2) is 12.1 Å². The number of carbonyl (C=O) groups is 1. The van der Waals surface area contributed by atoms with Gasteiger partial charge in [0, 0.05) is 16.8 Å². The summed E-state index contributed by atoms with van der Waals surface area (Å²) in [6.45, 7) is 6.03. The van der Waals surface area contributed by atoms with Crippen molar-refractivity contribution in [1.29, 1.82) is 0 Å². The van der Waals surface area contributed by atoms with Gasteiger partial charge in [0.05, 0.1) is 12.1 Å². The highest BCUT2D eigenvalue weighted by Gasteiger charge is 2.22.